The van der Waals surface area contributed by atoms with Crippen molar-refractivity contribution in [3.63, 3.8) is 0 Å². The second-order valence-electron chi connectivity index (χ2n) is 4.49. The highest BCUT2D eigenvalue weighted by Gasteiger charge is 2.22. The van der Waals surface area contributed by atoms with Crippen LogP contribution < -0.4 is 10.5 Å². The average molecular weight is 278 g/mol. The van der Waals surface area contributed by atoms with Gasteiger partial charge in [-0.2, -0.15) is 0 Å². The lowest BCUT2D eigenvalue weighted by atomic mass is 10.4. The number of ether oxygens (including phenoxy) is 1. The highest BCUT2D eigenvalue weighted by atomic mass is 32.2. The Morgan fingerprint density at radius 2 is 2.26 bits per heavy atom. The highest BCUT2D eigenvalue weighted by molar-refractivity contribution is 7.99. The molecule has 100 valence electrons. The molecule has 0 amide bonds. The van der Waals surface area contributed by atoms with Crippen molar-refractivity contribution in [1.29, 1.82) is 0 Å². The summed E-state index contributed by atoms with van der Waals surface area (Å²) in [6, 6.07) is 3.59. The summed E-state index contributed by atoms with van der Waals surface area (Å²) in [5.74, 6) is 1.67. The van der Waals surface area contributed by atoms with Crippen molar-refractivity contribution in [2.24, 2.45) is 5.92 Å². The molecule has 0 bridgehead atoms. The van der Waals surface area contributed by atoms with Gasteiger partial charge in [0.2, 0.25) is 11.8 Å². The van der Waals surface area contributed by atoms with Gasteiger partial charge in [0.05, 0.1) is 12.3 Å². The van der Waals surface area contributed by atoms with Crippen molar-refractivity contribution >= 4 is 17.4 Å². The van der Waals surface area contributed by atoms with Crippen LogP contribution in [0.15, 0.2) is 26.8 Å². The molecule has 1 aliphatic rings. The molecular weight excluding hydrogens is 264 g/mol. The number of hydrogen-bond acceptors (Lipinski definition) is 7. The fourth-order valence-corrected chi connectivity index (χ4v) is 2.18. The zero-order chi connectivity index (χ0) is 13.2. The number of aromatic nitrogens is 3. The van der Waals surface area contributed by atoms with E-state index in [0.29, 0.717) is 35.2 Å². The summed E-state index contributed by atoms with van der Waals surface area (Å²) in [6.45, 7) is 2.43. The number of hydrogen-bond donors (Lipinski definition) is 1. The number of aryl methyl sites for hydroxylation is 1. The molecule has 19 heavy (non-hydrogen) atoms. The van der Waals surface area contributed by atoms with E-state index in [9.17, 15) is 0 Å². The maximum Gasteiger partial charge on any atom is 0.282 e. The minimum atomic E-state index is 0.461. The molecule has 0 radical (unpaired) electrons. The molecule has 7 heteroatoms. The molecule has 1 fully saturated rings. The second kappa shape index (κ2) is 5.08. The van der Waals surface area contributed by atoms with Crippen molar-refractivity contribution in [3.8, 4) is 5.88 Å². The maximum absolute atomic E-state index is 5.85. The Kier molecular flexibility index (Phi) is 3.29. The van der Waals surface area contributed by atoms with Crippen LogP contribution in [0.25, 0.3) is 0 Å². The zero-order valence-corrected chi connectivity index (χ0v) is 11.3. The zero-order valence-electron chi connectivity index (χ0n) is 10.5. The van der Waals surface area contributed by atoms with Crippen LogP contribution in [0, 0.1) is 12.8 Å². The molecule has 0 spiro atoms. The molecule has 2 heterocycles. The van der Waals surface area contributed by atoms with Crippen LogP contribution in [0.2, 0.25) is 0 Å². The predicted octanol–water partition coefficient (Wildman–Crippen LogP) is 2.30. The van der Waals surface area contributed by atoms with E-state index in [0.717, 1.165) is 5.03 Å². The summed E-state index contributed by atoms with van der Waals surface area (Å²) in [7, 11) is 0. The van der Waals surface area contributed by atoms with Gasteiger partial charge >= 0.3 is 0 Å². The molecule has 0 aromatic carbocycles. The fourth-order valence-electron chi connectivity index (χ4n) is 1.50. The molecule has 2 N–H and O–H groups in total. The van der Waals surface area contributed by atoms with E-state index in [1.165, 1.54) is 24.6 Å². The Morgan fingerprint density at radius 3 is 2.95 bits per heavy atom. The number of nitrogen functional groups attached to an aromatic ring is 1. The van der Waals surface area contributed by atoms with Crippen molar-refractivity contribution in [1.82, 2.24) is 15.2 Å². The summed E-state index contributed by atoms with van der Waals surface area (Å²) in [6.07, 6.45) is 2.46. The number of nitrogens with two attached hydrogens (primary N) is 1. The SMILES string of the molecule is Cc1nnc(Sc2ccc(N)c(OCC3CC3)n2)o1. The minimum absolute atomic E-state index is 0.461. The summed E-state index contributed by atoms with van der Waals surface area (Å²) in [4.78, 5) is 4.36. The van der Waals surface area contributed by atoms with Gasteiger partial charge < -0.3 is 14.9 Å². The molecular formula is C12H14N4O2S. The first-order valence-electron chi connectivity index (χ1n) is 6.08. The normalized spacial score (nSPS) is 14.6. The third-order valence-electron chi connectivity index (χ3n) is 2.72. The van der Waals surface area contributed by atoms with Crippen LogP contribution in [0.5, 0.6) is 5.88 Å². The first-order chi connectivity index (χ1) is 9.20. The summed E-state index contributed by atoms with van der Waals surface area (Å²) in [5, 5.41) is 8.87. The highest BCUT2D eigenvalue weighted by Crippen LogP contribution is 2.32. The van der Waals surface area contributed by atoms with E-state index in [4.69, 9.17) is 14.9 Å². The Morgan fingerprint density at radius 1 is 1.42 bits per heavy atom. The molecule has 6 nitrogen and oxygen atoms in total. The first kappa shape index (κ1) is 12.3. The van der Waals surface area contributed by atoms with Crippen molar-refractivity contribution in [2.75, 3.05) is 12.3 Å². The average Bonchev–Trinajstić information content (AvgIpc) is 3.13. The number of rotatable bonds is 5. The molecule has 2 aromatic rings. The minimum Gasteiger partial charge on any atom is -0.476 e. The predicted molar refractivity (Wildman–Crippen MR) is 70.0 cm³/mol. The van der Waals surface area contributed by atoms with E-state index < -0.39 is 0 Å². The van der Waals surface area contributed by atoms with Gasteiger partial charge in [-0.3, -0.25) is 0 Å². The maximum atomic E-state index is 5.85. The van der Waals surface area contributed by atoms with Gasteiger partial charge in [0, 0.05) is 6.92 Å². The standard InChI is InChI=1S/C12H14N4O2S/c1-7-15-16-12(18-7)19-10-5-4-9(13)11(14-10)17-6-8-2-3-8/h4-5,8H,2-3,6,13H2,1H3. The lowest BCUT2D eigenvalue weighted by molar-refractivity contribution is 0.288. The van der Waals surface area contributed by atoms with Gasteiger partial charge in [-0.25, -0.2) is 4.98 Å². The van der Waals surface area contributed by atoms with Gasteiger partial charge in [0.1, 0.15) is 5.03 Å². The third-order valence-corrected chi connectivity index (χ3v) is 3.49. The summed E-state index contributed by atoms with van der Waals surface area (Å²) < 4.78 is 10.9. The van der Waals surface area contributed by atoms with E-state index >= 15 is 0 Å². The van der Waals surface area contributed by atoms with Crippen LogP contribution in [-0.4, -0.2) is 21.8 Å². The molecule has 0 atom stereocenters. The molecule has 0 aliphatic heterocycles. The van der Waals surface area contributed by atoms with Crippen LogP contribution in [-0.2, 0) is 0 Å². The van der Waals surface area contributed by atoms with Crippen LogP contribution in [0.4, 0.5) is 5.69 Å². The van der Waals surface area contributed by atoms with Crippen LogP contribution in [0.1, 0.15) is 18.7 Å². The first-order valence-corrected chi connectivity index (χ1v) is 6.89. The smallest absolute Gasteiger partial charge is 0.282 e. The Hall–Kier alpha value is -1.76. The Bertz CT molecular complexity index is 583. The number of nitrogens with zero attached hydrogens (tertiary/aromatic N) is 3. The second-order valence-corrected chi connectivity index (χ2v) is 5.46. The molecule has 0 saturated heterocycles. The summed E-state index contributed by atoms with van der Waals surface area (Å²) in [5.41, 5.74) is 6.39. The Labute approximate surface area is 114 Å². The van der Waals surface area contributed by atoms with Crippen molar-refractivity contribution in [2.45, 2.75) is 30.0 Å². The van der Waals surface area contributed by atoms with E-state index in [1.807, 2.05) is 6.07 Å². The molecule has 3 rings (SSSR count). The number of pyridine rings is 1. The Balaban J connectivity index is 1.72. The van der Waals surface area contributed by atoms with Crippen molar-refractivity contribution in [3.05, 3.63) is 18.0 Å². The van der Waals surface area contributed by atoms with Gasteiger partial charge in [-0.1, -0.05) is 0 Å². The third kappa shape index (κ3) is 3.17. The van der Waals surface area contributed by atoms with Crippen LogP contribution >= 0.6 is 11.8 Å². The molecule has 0 unspecified atom stereocenters. The van der Waals surface area contributed by atoms with Crippen molar-refractivity contribution < 1.29 is 9.15 Å². The van der Waals surface area contributed by atoms with E-state index in [-0.39, 0.29) is 0 Å². The van der Waals surface area contributed by atoms with Gasteiger partial charge in [0.25, 0.3) is 5.22 Å². The largest absolute Gasteiger partial charge is 0.476 e. The lowest BCUT2D eigenvalue weighted by Crippen LogP contribution is -2.04. The lowest BCUT2D eigenvalue weighted by Gasteiger charge is -2.07. The van der Waals surface area contributed by atoms with Crippen LogP contribution in [0.3, 0.4) is 0 Å². The molecule has 1 aliphatic carbocycles. The van der Waals surface area contributed by atoms with E-state index in [1.54, 1.807) is 13.0 Å². The van der Waals surface area contributed by atoms with Gasteiger partial charge in [0.15, 0.2) is 0 Å². The monoisotopic (exact) mass is 278 g/mol. The summed E-state index contributed by atoms with van der Waals surface area (Å²) >= 11 is 1.29. The van der Waals surface area contributed by atoms with Gasteiger partial charge in [-0.15, -0.1) is 10.2 Å². The topological polar surface area (TPSA) is 87.1 Å². The fraction of sp³-hybridized carbons (Fsp3) is 0.417. The number of anilines is 1. The van der Waals surface area contributed by atoms with Gasteiger partial charge in [-0.05, 0) is 42.7 Å². The molecule has 1 saturated carbocycles. The molecule has 2 aromatic heterocycles. The quantitative estimate of drug-likeness (QED) is 0.897. The van der Waals surface area contributed by atoms with E-state index in [2.05, 4.69) is 15.2 Å².